The summed E-state index contributed by atoms with van der Waals surface area (Å²) in [5, 5.41) is 2.82. The van der Waals surface area contributed by atoms with Crippen LogP contribution in [0.3, 0.4) is 0 Å². The highest BCUT2D eigenvalue weighted by Gasteiger charge is 2.37. The third-order valence-electron chi connectivity index (χ3n) is 2.38. The van der Waals surface area contributed by atoms with Crippen LogP contribution in [0, 0.1) is 0 Å². The van der Waals surface area contributed by atoms with Crippen molar-refractivity contribution >= 4 is 11.9 Å². The number of hydrogen-bond donors (Lipinski definition) is 1. The van der Waals surface area contributed by atoms with Gasteiger partial charge in [0.1, 0.15) is 0 Å². The van der Waals surface area contributed by atoms with Crippen LogP contribution in [0.1, 0.15) is 32.6 Å². The first kappa shape index (κ1) is 8.53. The van der Waals surface area contributed by atoms with Crippen molar-refractivity contribution in [3.8, 4) is 0 Å². The first-order valence-corrected chi connectivity index (χ1v) is 4.79. The molecule has 2 fully saturated rings. The van der Waals surface area contributed by atoms with Crippen molar-refractivity contribution in [1.29, 1.82) is 0 Å². The lowest BCUT2D eigenvalue weighted by Crippen LogP contribution is -2.44. The third kappa shape index (κ3) is 1.99. The van der Waals surface area contributed by atoms with E-state index in [0.29, 0.717) is 6.04 Å². The second-order valence-electron chi connectivity index (χ2n) is 3.84. The Labute approximate surface area is 77.3 Å². The first-order chi connectivity index (χ1) is 6.18. The van der Waals surface area contributed by atoms with E-state index < -0.39 is 0 Å². The fraction of sp³-hybridized carbons (Fsp3) is 0.778. The maximum atomic E-state index is 11.5. The molecule has 0 aromatic rings. The minimum atomic E-state index is -0.197. The Morgan fingerprint density at radius 2 is 1.85 bits per heavy atom. The summed E-state index contributed by atoms with van der Waals surface area (Å²) in [7, 11) is 0. The number of carbonyl (C=O) groups excluding carboxylic acids is 2. The summed E-state index contributed by atoms with van der Waals surface area (Å²) in [4.78, 5) is 24.0. The van der Waals surface area contributed by atoms with Crippen LogP contribution in [-0.4, -0.2) is 28.9 Å². The molecule has 72 valence electrons. The summed E-state index contributed by atoms with van der Waals surface area (Å²) >= 11 is 0. The largest absolute Gasteiger partial charge is 0.335 e. The molecule has 2 aliphatic carbocycles. The second-order valence-corrected chi connectivity index (χ2v) is 3.84. The molecule has 0 unspecified atom stereocenters. The van der Waals surface area contributed by atoms with Crippen LogP contribution < -0.4 is 5.32 Å². The lowest BCUT2D eigenvalue weighted by Gasteiger charge is -2.18. The van der Waals surface area contributed by atoms with Crippen molar-refractivity contribution in [3.63, 3.8) is 0 Å². The number of rotatable bonds is 2. The Balaban J connectivity index is 1.92. The first-order valence-electron chi connectivity index (χ1n) is 4.79. The molecular formula is C9H14N2O2. The third-order valence-corrected chi connectivity index (χ3v) is 2.38. The van der Waals surface area contributed by atoms with Gasteiger partial charge in [0.05, 0.1) is 0 Å². The highest BCUT2D eigenvalue weighted by Crippen LogP contribution is 2.28. The summed E-state index contributed by atoms with van der Waals surface area (Å²) in [6.07, 6.45) is 4.06. The van der Waals surface area contributed by atoms with Gasteiger partial charge in [-0.3, -0.25) is 9.69 Å². The van der Waals surface area contributed by atoms with Gasteiger partial charge in [0, 0.05) is 19.0 Å². The molecule has 0 radical (unpaired) electrons. The van der Waals surface area contributed by atoms with E-state index in [1.807, 2.05) is 0 Å². The van der Waals surface area contributed by atoms with Gasteiger partial charge >= 0.3 is 6.03 Å². The molecule has 0 atom stereocenters. The molecule has 2 rings (SSSR count). The molecule has 4 nitrogen and oxygen atoms in total. The smallest absolute Gasteiger partial charge is 0.324 e. The van der Waals surface area contributed by atoms with Gasteiger partial charge in [-0.05, 0) is 25.7 Å². The predicted molar refractivity (Wildman–Crippen MR) is 47.1 cm³/mol. The van der Waals surface area contributed by atoms with E-state index in [1.165, 1.54) is 11.8 Å². The fourth-order valence-electron chi connectivity index (χ4n) is 1.37. The zero-order chi connectivity index (χ0) is 9.42. The zero-order valence-electron chi connectivity index (χ0n) is 7.75. The number of nitrogens with one attached hydrogen (secondary N) is 1. The van der Waals surface area contributed by atoms with E-state index in [-0.39, 0.29) is 18.0 Å². The topological polar surface area (TPSA) is 49.4 Å². The van der Waals surface area contributed by atoms with Gasteiger partial charge in [-0.2, -0.15) is 0 Å². The van der Waals surface area contributed by atoms with Gasteiger partial charge in [0.25, 0.3) is 0 Å². The van der Waals surface area contributed by atoms with E-state index in [1.54, 1.807) is 0 Å². The van der Waals surface area contributed by atoms with Crippen molar-refractivity contribution in [1.82, 2.24) is 10.2 Å². The van der Waals surface area contributed by atoms with Gasteiger partial charge in [0.2, 0.25) is 5.91 Å². The second kappa shape index (κ2) is 3.01. The van der Waals surface area contributed by atoms with Crippen molar-refractivity contribution in [2.24, 2.45) is 0 Å². The maximum Gasteiger partial charge on any atom is 0.324 e. The van der Waals surface area contributed by atoms with Crippen molar-refractivity contribution in [2.75, 3.05) is 0 Å². The molecule has 4 heteroatoms. The van der Waals surface area contributed by atoms with Gasteiger partial charge < -0.3 is 5.32 Å². The molecule has 1 N–H and O–H groups in total. The van der Waals surface area contributed by atoms with Crippen LogP contribution in [-0.2, 0) is 4.79 Å². The van der Waals surface area contributed by atoms with Crippen LogP contribution in [0.5, 0.6) is 0 Å². The molecule has 2 saturated carbocycles. The monoisotopic (exact) mass is 182 g/mol. The molecule has 0 aromatic heterocycles. The van der Waals surface area contributed by atoms with Crippen LogP contribution in [0.2, 0.25) is 0 Å². The van der Waals surface area contributed by atoms with E-state index >= 15 is 0 Å². The number of nitrogens with zero attached hydrogens (tertiary/aromatic N) is 1. The Morgan fingerprint density at radius 3 is 2.23 bits per heavy atom. The highest BCUT2D eigenvalue weighted by molar-refractivity contribution is 5.94. The quantitative estimate of drug-likeness (QED) is 0.688. The Kier molecular flexibility index (Phi) is 1.98. The highest BCUT2D eigenvalue weighted by atomic mass is 16.2. The van der Waals surface area contributed by atoms with E-state index in [0.717, 1.165) is 25.7 Å². The van der Waals surface area contributed by atoms with Gasteiger partial charge in [-0.15, -0.1) is 0 Å². The molecule has 0 aromatic carbocycles. The minimum absolute atomic E-state index is 0.138. The SMILES string of the molecule is CC(=O)N(C(=O)NC1CC1)C1CC1. The molecule has 0 aliphatic heterocycles. The molecule has 0 saturated heterocycles. The summed E-state index contributed by atoms with van der Waals surface area (Å²) in [5.74, 6) is -0.138. The molecule has 13 heavy (non-hydrogen) atoms. The van der Waals surface area contributed by atoms with Crippen LogP contribution >= 0.6 is 0 Å². The number of hydrogen-bond acceptors (Lipinski definition) is 2. The van der Waals surface area contributed by atoms with E-state index in [2.05, 4.69) is 5.32 Å². The maximum absolute atomic E-state index is 11.5. The predicted octanol–water partition coefficient (Wildman–Crippen LogP) is 0.869. The van der Waals surface area contributed by atoms with Crippen LogP contribution in [0.15, 0.2) is 0 Å². The standard InChI is InChI=1S/C9H14N2O2/c1-6(12)11(8-4-5-8)9(13)10-7-2-3-7/h7-8H,2-5H2,1H3,(H,10,13). The Bertz CT molecular complexity index is 244. The number of amides is 3. The lowest BCUT2D eigenvalue weighted by molar-refractivity contribution is -0.126. The number of imide groups is 1. The zero-order valence-corrected chi connectivity index (χ0v) is 7.75. The Morgan fingerprint density at radius 1 is 1.23 bits per heavy atom. The van der Waals surface area contributed by atoms with Crippen molar-refractivity contribution in [2.45, 2.75) is 44.7 Å². The molecular weight excluding hydrogens is 168 g/mol. The molecule has 3 amide bonds. The van der Waals surface area contributed by atoms with Crippen LogP contribution in [0.25, 0.3) is 0 Å². The molecule has 0 spiro atoms. The summed E-state index contributed by atoms with van der Waals surface area (Å²) in [6.45, 7) is 1.45. The van der Waals surface area contributed by atoms with E-state index in [4.69, 9.17) is 0 Å². The summed E-state index contributed by atoms with van der Waals surface area (Å²) in [5.41, 5.74) is 0. The average Bonchev–Trinajstić information content (AvgIpc) is 2.77. The van der Waals surface area contributed by atoms with E-state index in [9.17, 15) is 9.59 Å². The van der Waals surface area contributed by atoms with Gasteiger partial charge in [0.15, 0.2) is 0 Å². The fourth-order valence-corrected chi connectivity index (χ4v) is 1.37. The molecule has 2 aliphatic rings. The average molecular weight is 182 g/mol. The molecule has 0 bridgehead atoms. The molecule has 0 heterocycles. The van der Waals surface area contributed by atoms with Crippen molar-refractivity contribution in [3.05, 3.63) is 0 Å². The van der Waals surface area contributed by atoms with Crippen LogP contribution in [0.4, 0.5) is 4.79 Å². The number of carbonyl (C=O) groups is 2. The summed E-state index contributed by atoms with van der Waals surface area (Å²) in [6, 6.07) is 0.307. The minimum Gasteiger partial charge on any atom is -0.335 e. The number of urea groups is 1. The lowest BCUT2D eigenvalue weighted by atomic mass is 10.5. The summed E-state index contributed by atoms with van der Waals surface area (Å²) < 4.78 is 0. The van der Waals surface area contributed by atoms with Gasteiger partial charge in [-0.1, -0.05) is 0 Å². The Hall–Kier alpha value is -1.06. The van der Waals surface area contributed by atoms with Crippen molar-refractivity contribution < 1.29 is 9.59 Å². The normalized spacial score (nSPS) is 21.0. The van der Waals surface area contributed by atoms with Gasteiger partial charge in [-0.25, -0.2) is 4.79 Å².